The van der Waals surface area contributed by atoms with Crippen molar-refractivity contribution in [1.29, 1.82) is 0 Å². The summed E-state index contributed by atoms with van der Waals surface area (Å²) in [5.41, 5.74) is 1.50. The molecule has 33 heavy (non-hydrogen) atoms. The largest absolute Gasteiger partial charge is 0.379 e. The molecule has 0 bridgehead atoms. The van der Waals surface area contributed by atoms with Gasteiger partial charge >= 0.3 is 10.1 Å². The van der Waals surface area contributed by atoms with E-state index < -0.39 is 20.1 Å². The van der Waals surface area contributed by atoms with Crippen molar-refractivity contribution in [3.63, 3.8) is 0 Å². The Bertz CT molecular complexity index is 1520. The summed E-state index contributed by atoms with van der Waals surface area (Å²) < 4.78 is 55.4. The average Bonchev–Trinajstić information content (AvgIpc) is 2.80. The number of aryl methyl sites for hydroxylation is 1. The fraction of sp³-hybridized carbons (Fsp3) is 0.0417. The van der Waals surface area contributed by atoms with Gasteiger partial charge in [0.25, 0.3) is 10.0 Å². The van der Waals surface area contributed by atoms with Gasteiger partial charge in [-0.2, -0.15) is 21.9 Å². The lowest BCUT2D eigenvalue weighted by molar-refractivity contribution is 0.487. The molecule has 0 radical (unpaired) electrons. The lowest BCUT2D eigenvalue weighted by Gasteiger charge is -2.09. The third-order valence-electron chi connectivity index (χ3n) is 4.82. The molecule has 4 rings (SSSR count). The molecular weight excluding hydrogens is 460 g/mol. The van der Waals surface area contributed by atoms with Crippen LogP contribution in [0, 0.1) is 6.92 Å². The van der Waals surface area contributed by atoms with E-state index in [-0.39, 0.29) is 15.5 Å². The highest BCUT2D eigenvalue weighted by molar-refractivity contribution is 7.89. The Morgan fingerprint density at radius 3 is 2.18 bits per heavy atom. The van der Waals surface area contributed by atoms with Gasteiger partial charge in [-0.25, -0.2) is 4.83 Å². The number of benzene rings is 4. The zero-order valence-corrected chi connectivity index (χ0v) is 19.2. The minimum Gasteiger partial charge on any atom is -0.379 e. The van der Waals surface area contributed by atoms with Crippen LogP contribution in [0.2, 0.25) is 0 Å². The van der Waals surface area contributed by atoms with Crippen molar-refractivity contribution in [2.24, 2.45) is 5.10 Å². The lowest BCUT2D eigenvalue weighted by atomic mass is 10.1. The molecule has 0 aliphatic rings. The van der Waals surface area contributed by atoms with Gasteiger partial charge in [-0.05, 0) is 60.3 Å². The van der Waals surface area contributed by atoms with Crippen LogP contribution >= 0.6 is 0 Å². The monoisotopic (exact) mass is 480 g/mol. The van der Waals surface area contributed by atoms with Gasteiger partial charge in [0.05, 0.1) is 11.1 Å². The molecule has 1 N–H and O–H groups in total. The summed E-state index contributed by atoms with van der Waals surface area (Å²) in [6.07, 6.45) is 1.31. The molecule has 0 fully saturated rings. The highest BCUT2D eigenvalue weighted by atomic mass is 32.2. The lowest BCUT2D eigenvalue weighted by Crippen LogP contribution is -2.18. The number of fused-ring (bicyclic) bond motifs is 1. The maximum atomic E-state index is 12.8. The second-order valence-electron chi connectivity index (χ2n) is 7.25. The normalized spacial score (nSPS) is 12.2. The summed E-state index contributed by atoms with van der Waals surface area (Å²) in [6.45, 7) is 1.86. The fourth-order valence-electron chi connectivity index (χ4n) is 3.14. The topological polar surface area (TPSA) is 102 Å². The molecule has 0 atom stereocenters. The first-order valence-electron chi connectivity index (χ1n) is 9.88. The van der Waals surface area contributed by atoms with E-state index in [1.807, 2.05) is 25.1 Å². The molecule has 0 spiro atoms. The smallest absolute Gasteiger partial charge is 0.339 e. The van der Waals surface area contributed by atoms with Crippen molar-refractivity contribution in [2.45, 2.75) is 16.7 Å². The molecule has 0 amide bonds. The highest BCUT2D eigenvalue weighted by Crippen LogP contribution is 2.26. The van der Waals surface area contributed by atoms with Gasteiger partial charge in [-0.3, -0.25) is 0 Å². The first kappa shape index (κ1) is 22.5. The Labute approximate surface area is 192 Å². The Morgan fingerprint density at radius 2 is 1.45 bits per heavy atom. The van der Waals surface area contributed by atoms with Crippen molar-refractivity contribution >= 4 is 37.1 Å². The highest BCUT2D eigenvalue weighted by Gasteiger charge is 2.19. The third kappa shape index (κ3) is 5.21. The molecule has 0 heterocycles. The van der Waals surface area contributed by atoms with Crippen LogP contribution in [0.15, 0.2) is 106 Å². The predicted molar refractivity (Wildman–Crippen MR) is 127 cm³/mol. The van der Waals surface area contributed by atoms with E-state index in [0.29, 0.717) is 10.9 Å². The molecule has 0 aliphatic heterocycles. The van der Waals surface area contributed by atoms with Crippen molar-refractivity contribution in [2.75, 3.05) is 0 Å². The van der Waals surface area contributed by atoms with Crippen molar-refractivity contribution in [1.82, 2.24) is 4.83 Å². The van der Waals surface area contributed by atoms with Crippen LogP contribution in [-0.4, -0.2) is 23.1 Å². The molecule has 0 unspecified atom stereocenters. The maximum Gasteiger partial charge on any atom is 0.339 e. The van der Waals surface area contributed by atoms with Crippen LogP contribution in [-0.2, 0) is 20.1 Å². The zero-order valence-electron chi connectivity index (χ0n) is 17.5. The van der Waals surface area contributed by atoms with E-state index >= 15 is 0 Å². The summed E-state index contributed by atoms with van der Waals surface area (Å²) in [7, 11) is -7.83. The molecule has 0 saturated carbocycles. The molecule has 168 valence electrons. The van der Waals surface area contributed by atoms with Crippen molar-refractivity contribution < 1.29 is 21.0 Å². The molecule has 4 aromatic rings. The molecule has 0 aliphatic carbocycles. The van der Waals surface area contributed by atoms with Gasteiger partial charge < -0.3 is 4.18 Å². The number of nitrogens with one attached hydrogen (secondary N) is 1. The summed E-state index contributed by atoms with van der Waals surface area (Å²) in [6, 6.07) is 24.6. The summed E-state index contributed by atoms with van der Waals surface area (Å²) >= 11 is 0. The summed E-state index contributed by atoms with van der Waals surface area (Å²) in [5.74, 6) is 0.125. The standard InChI is InChI=1S/C24H20N2O5S2/c1-18-9-15-22(16-10-18)32(27,28)26-25-17-19-11-13-21(14-12-19)31-33(29,30)24-8-4-6-20-5-2-3-7-23(20)24/h2-17,26H,1H3. The van der Waals surface area contributed by atoms with E-state index in [4.69, 9.17) is 4.18 Å². The second-order valence-corrected chi connectivity index (χ2v) is 10.4. The molecular formula is C24H20N2O5S2. The minimum absolute atomic E-state index is 0.0803. The maximum absolute atomic E-state index is 12.8. The van der Waals surface area contributed by atoms with Gasteiger partial charge in [-0.15, -0.1) is 0 Å². The Kier molecular flexibility index (Phi) is 6.17. The summed E-state index contributed by atoms with van der Waals surface area (Å²) in [5, 5.41) is 5.14. The van der Waals surface area contributed by atoms with Gasteiger partial charge in [0, 0.05) is 5.39 Å². The molecule has 4 aromatic carbocycles. The van der Waals surface area contributed by atoms with Crippen LogP contribution in [0.5, 0.6) is 5.75 Å². The number of hydrogen-bond acceptors (Lipinski definition) is 6. The fourth-order valence-corrected chi connectivity index (χ4v) is 5.08. The van der Waals surface area contributed by atoms with Crippen LogP contribution in [0.25, 0.3) is 10.8 Å². The number of nitrogens with zero attached hydrogens (tertiary/aromatic N) is 1. The first-order valence-corrected chi connectivity index (χ1v) is 12.8. The average molecular weight is 481 g/mol. The Hall–Kier alpha value is -3.69. The SMILES string of the molecule is Cc1ccc(S(=O)(=O)NN=Cc2ccc(OS(=O)(=O)c3cccc4ccccc34)cc2)cc1. The Morgan fingerprint density at radius 1 is 0.788 bits per heavy atom. The molecule has 0 saturated heterocycles. The summed E-state index contributed by atoms with van der Waals surface area (Å²) in [4.78, 5) is 2.33. The number of hydrazone groups is 1. The number of hydrogen-bond donors (Lipinski definition) is 1. The van der Waals surface area contributed by atoms with Crippen LogP contribution in [0.4, 0.5) is 0 Å². The second kappa shape index (κ2) is 9.05. The first-order chi connectivity index (χ1) is 15.7. The molecule has 9 heteroatoms. The number of sulfonamides is 1. The number of rotatable bonds is 7. The van der Waals surface area contributed by atoms with E-state index in [1.54, 1.807) is 42.5 Å². The van der Waals surface area contributed by atoms with E-state index in [1.165, 1.54) is 36.5 Å². The zero-order chi connectivity index (χ0) is 23.5. The quantitative estimate of drug-likeness (QED) is 0.242. The third-order valence-corrected chi connectivity index (χ3v) is 7.37. The van der Waals surface area contributed by atoms with E-state index in [0.717, 1.165) is 10.9 Å². The van der Waals surface area contributed by atoms with Crippen molar-refractivity contribution in [3.05, 3.63) is 102 Å². The van der Waals surface area contributed by atoms with E-state index in [9.17, 15) is 16.8 Å². The molecule has 0 aromatic heterocycles. The van der Waals surface area contributed by atoms with Crippen molar-refractivity contribution in [3.8, 4) is 5.75 Å². The predicted octanol–water partition coefficient (Wildman–Crippen LogP) is 4.23. The van der Waals surface area contributed by atoms with Gasteiger partial charge in [0.2, 0.25) is 0 Å². The van der Waals surface area contributed by atoms with Gasteiger partial charge in [-0.1, -0.05) is 54.1 Å². The van der Waals surface area contributed by atoms with Crippen LogP contribution in [0.3, 0.4) is 0 Å². The Balaban J connectivity index is 1.46. The molecule has 7 nitrogen and oxygen atoms in total. The minimum atomic E-state index is -4.05. The van der Waals surface area contributed by atoms with Gasteiger partial charge in [0.15, 0.2) is 0 Å². The van der Waals surface area contributed by atoms with E-state index in [2.05, 4.69) is 9.93 Å². The van der Waals surface area contributed by atoms with Crippen LogP contribution < -0.4 is 9.01 Å². The van der Waals surface area contributed by atoms with Gasteiger partial charge in [0.1, 0.15) is 10.6 Å². The van der Waals surface area contributed by atoms with Crippen LogP contribution in [0.1, 0.15) is 11.1 Å².